The largest absolute Gasteiger partial charge is 0.462 e. The van der Waals surface area contributed by atoms with Crippen LogP contribution in [0, 0.1) is 0 Å². The molecule has 0 atom stereocenters. The Kier molecular flexibility index (Phi) is 7.41. The van der Waals surface area contributed by atoms with Crippen LogP contribution in [0.2, 0.25) is 0 Å². The van der Waals surface area contributed by atoms with Crippen molar-refractivity contribution in [1.82, 2.24) is 0 Å². The van der Waals surface area contributed by atoms with Crippen molar-refractivity contribution in [3.05, 3.63) is 11.6 Å². The second kappa shape index (κ2) is 8.32. The van der Waals surface area contributed by atoms with Crippen LogP contribution in [0.3, 0.4) is 0 Å². The second-order valence-corrected chi connectivity index (χ2v) is 3.23. The maximum absolute atomic E-state index is 10.6. The number of hydrogen-bond acceptors (Lipinski definition) is 6. The van der Waals surface area contributed by atoms with Gasteiger partial charge in [-0.3, -0.25) is 14.4 Å². The van der Waals surface area contributed by atoms with Crippen molar-refractivity contribution in [3.8, 4) is 0 Å². The third-order valence-corrected chi connectivity index (χ3v) is 1.58. The molecule has 0 bridgehead atoms. The van der Waals surface area contributed by atoms with Gasteiger partial charge in [0.1, 0.15) is 19.8 Å². The third kappa shape index (κ3) is 10.4. The van der Waals surface area contributed by atoms with Crippen molar-refractivity contribution >= 4 is 17.9 Å². The highest BCUT2D eigenvalue weighted by atomic mass is 16.5. The fourth-order valence-corrected chi connectivity index (χ4v) is 0.825. The average molecular weight is 244 g/mol. The van der Waals surface area contributed by atoms with Crippen LogP contribution >= 0.6 is 0 Å². The summed E-state index contributed by atoms with van der Waals surface area (Å²) < 4.78 is 14.2. The first kappa shape index (κ1) is 15.2. The van der Waals surface area contributed by atoms with Gasteiger partial charge in [0, 0.05) is 26.3 Å². The molecule has 96 valence electrons. The molecule has 0 aromatic rings. The van der Waals surface area contributed by atoms with Gasteiger partial charge in [-0.15, -0.1) is 0 Å². The minimum absolute atomic E-state index is 0.00385. The number of carbonyl (C=O) groups is 3. The molecule has 0 aromatic heterocycles. The fraction of sp³-hybridized carbons (Fsp3) is 0.545. The highest BCUT2D eigenvalue weighted by molar-refractivity contribution is 5.67. The van der Waals surface area contributed by atoms with Gasteiger partial charge < -0.3 is 14.2 Å². The van der Waals surface area contributed by atoms with E-state index in [4.69, 9.17) is 9.47 Å². The van der Waals surface area contributed by atoms with E-state index in [2.05, 4.69) is 4.74 Å². The summed E-state index contributed by atoms with van der Waals surface area (Å²) in [4.78, 5) is 31.8. The van der Waals surface area contributed by atoms with Crippen LogP contribution in [0.25, 0.3) is 0 Å². The van der Waals surface area contributed by atoms with Crippen molar-refractivity contribution in [2.45, 2.75) is 20.8 Å². The van der Waals surface area contributed by atoms with Gasteiger partial charge in [0.2, 0.25) is 0 Å². The van der Waals surface area contributed by atoms with E-state index in [0.717, 1.165) is 0 Å². The molecule has 0 amide bonds. The molecular formula is C11H16O6. The topological polar surface area (TPSA) is 78.9 Å². The van der Waals surface area contributed by atoms with Crippen LogP contribution in [0.15, 0.2) is 11.6 Å². The molecule has 0 saturated heterocycles. The van der Waals surface area contributed by atoms with Crippen LogP contribution in [0.5, 0.6) is 0 Å². The monoisotopic (exact) mass is 244 g/mol. The predicted molar refractivity (Wildman–Crippen MR) is 58.0 cm³/mol. The highest BCUT2D eigenvalue weighted by Gasteiger charge is 2.03. The Morgan fingerprint density at radius 1 is 0.824 bits per heavy atom. The number of rotatable bonds is 6. The van der Waals surface area contributed by atoms with Crippen molar-refractivity contribution in [2.75, 3.05) is 19.8 Å². The van der Waals surface area contributed by atoms with Crippen molar-refractivity contribution in [2.24, 2.45) is 0 Å². The standard InChI is InChI=1S/C11H16O6/c1-8(12)15-5-4-11(6-16-9(2)13)7-17-10(3)14/h4H,5-7H2,1-3H3. The van der Waals surface area contributed by atoms with Crippen LogP contribution in [-0.4, -0.2) is 37.7 Å². The molecule has 6 heteroatoms. The summed E-state index contributed by atoms with van der Waals surface area (Å²) in [5, 5.41) is 0. The highest BCUT2D eigenvalue weighted by Crippen LogP contribution is 1.99. The van der Waals surface area contributed by atoms with Crippen LogP contribution < -0.4 is 0 Å². The molecule has 0 aromatic carbocycles. The van der Waals surface area contributed by atoms with Crippen LogP contribution in [-0.2, 0) is 28.6 Å². The molecule has 0 aliphatic heterocycles. The van der Waals surface area contributed by atoms with E-state index in [0.29, 0.717) is 5.57 Å². The van der Waals surface area contributed by atoms with Gasteiger partial charge in [-0.25, -0.2) is 0 Å². The third-order valence-electron chi connectivity index (χ3n) is 1.58. The number of ether oxygens (including phenoxy) is 3. The zero-order valence-electron chi connectivity index (χ0n) is 10.1. The van der Waals surface area contributed by atoms with Crippen LogP contribution in [0.4, 0.5) is 0 Å². The summed E-state index contributed by atoms with van der Waals surface area (Å²) in [6.45, 7) is 3.89. The number of hydrogen-bond donors (Lipinski definition) is 0. The van der Waals surface area contributed by atoms with Crippen LogP contribution in [0.1, 0.15) is 20.8 Å². The molecule has 0 heterocycles. The summed E-state index contributed by atoms with van der Waals surface area (Å²) in [5.41, 5.74) is 0.552. The van der Waals surface area contributed by atoms with Crippen molar-refractivity contribution in [3.63, 3.8) is 0 Å². The lowest BCUT2D eigenvalue weighted by atomic mass is 10.3. The predicted octanol–water partition coefficient (Wildman–Crippen LogP) is 0.602. The Morgan fingerprint density at radius 3 is 1.59 bits per heavy atom. The van der Waals surface area contributed by atoms with Gasteiger partial charge in [0.25, 0.3) is 0 Å². The Labute approximate surface area is 99.5 Å². The average Bonchev–Trinajstić information content (AvgIpc) is 2.20. The molecule has 0 spiro atoms. The lowest BCUT2D eigenvalue weighted by molar-refractivity contribution is -0.142. The molecule has 0 radical (unpaired) electrons. The Bertz CT molecular complexity index is 298. The smallest absolute Gasteiger partial charge is 0.302 e. The van der Waals surface area contributed by atoms with Gasteiger partial charge in [-0.2, -0.15) is 0 Å². The van der Waals surface area contributed by atoms with Crippen molar-refractivity contribution in [1.29, 1.82) is 0 Å². The first-order chi connectivity index (χ1) is 7.91. The summed E-state index contributed by atoms with van der Waals surface area (Å²) in [5.74, 6) is -1.29. The second-order valence-electron chi connectivity index (χ2n) is 3.23. The van der Waals surface area contributed by atoms with Gasteiger partial charge in [-0.1, -0.05) is 0 Å². The molecule has 0 N–H and O–H groups in total. The van der Waals surface area contributed by atoms with E-state index in [1.54, 1.807) is 0 Å². The molecule has 0 saturated carbocycles. The number of esters is 3. The normalized spacial score (nSPS) is 9.12. The lowest BCUT2D eigenvalue weighted by Crippen LogP contribution is -2.11. The maximum atomic E-state index is 10.6. The first-order valence-corrected chi connectivity index (χ1v) is 4.99. The Hall–Kier alpha value is -1.85. The molecule has 0 unspecified atom stereocenters. The van der Waals surface area contributed by atoms with E-state index in [1.165, 1.54) is 26.8 Å². The minimum atomic E-state index is -0.439. The zero-order valence-corrected chi connectivity index (χ0v) is 10.1. The first-order valence-electron chi connectivity index (χ1n) is 4.99. The summed E-state index contributed by atoms with van der Waals surface area (Å²) in [7, 11) is 0. The van der Waals surface area contributed by atoms with E-state index >= 15 is 0 Å². The lowest BCUT2D eigenvalue weighted by Gasteiger charge is -2.08. The van der Waals surface area contributed by atoms with E-state index in [-0.39, 0.29) is 19.8 Å². The molecule has 0 aliphatic rings. The van der Waals surface area contributed by atoms with Crippen molar-refractivity contribution < 1.29 is 28.6 Å². The summed E-state index contributed by atoms with van der Waals surface area (Å²) in [6.07, 6.45) is 1.54. The molecule has 0 aliphatic carbocycles. The van der Waals surface area contributed by atoms with Gasteiger partial charge in [0.05, 0.1) is 0 Å². The minimum Gasteiger partial charge on any atom is -0.462 e. The zero-order chi connectivity index (χ0) is 13.3. The quantitative estimate of drug-likeness (QED) is 0.387. The van der Waals surface area contributed by atoms with E-state index in [9.17, 15) is 14.4 Å². The van der Waals surface area contributed by atoms with E-state index < -0.39 is 17.9 Å². The van der Waals surface area contributed by atoms with Gasteiger partial charge in [-0.05, 0) is 6.08 Å². The molecule has 17 heavy (non-hydrogen) atoms. The van der Waals surface area contributed by atoms with Gasteiger partial charge in [0.15, 0.2) is 0 Å². The Balaban J connectivity index is 4.21. The number of carbonyl (C=O) groups excluding carboxylic acids is 3. The summed E-state index contributed by atoms with van der Waals surface area (Å²) in [6, 6.07) is 0. The summed E-state index contributed by atoms with van der Waals surface area (Å²) >= 11 is 0. The Morgan fingerprint density at radius 2 is 1.24 bits per heavy atom. The molecular weight excluding hydrogens is 228 g/mol. The molecule has 0 fully saturated rings. The van der Waals surface area contributed by atoms with E-state index in [1.807, 2.05) is 0 Å². The molecule has 6 nitrogen and oxygen atoms in total. The fourth-order valence-electron chi connectivity index (χ4n) is 0.825. The molecule has 0 rings (SSSR count). The SMILES string of the molecule is CC(=O)OCC=C(COC(C)=O)COC(C)=O. The maximum Gasteiger partial charge on any atom is 0.302 e. The van der Waals surface area contributed by atoms with Gasteiger partial charge >= 0.3 is 17.9 Å².